The van der Waals surface area contributed by atoms with Crippen molar-refractivity contribution in [2.24, 2.45) is 0 Å². The smallest absolute Gasteiger partial charge is 0.145 e. The Hall–Kier alpha value is -7.05. The van der Waals surface area contributed by atoms with Gasteiger partial charge in [-0.1, -0.05) is 149 Å². The molecule has 0 radical (unpaired) electrons. The molecule has 0 fully saturated rings. The zero-order valence-corrected chi connectivity index (χ0v) is 35.5. The molecule has 0 amide bonds. The van der Waals surface area contributed by atoms with E-state index >= 15 is 0 Å². The molecule has 0 N–H and O–H groups in total. The maximum absolute atomic E-state index is 5.97. The van der Waals surface area contributed by atoms with E-state index < -0.39 is 5.41 Å². The molecule has 61 heavy (non-hydrogen) atoms. The molecule has 0 bridgehead atoms. The van der Waals surface area contributed by atoms with Gasteiger partial charge < -0.3 is 9.13 Å². The van der Waals surface area contributed by atoms with Gasteiger partial charge in [0.2, 0.25) is 0 Å². The molecule has 0 saturated heterocycles. The molecule has 4 aromatic heterocycles. The number of aryl methyl sites for hydroxylation is 1. The molecule has 6 nitrogen and oxygen atoms in total. The van der Waals surface area contributed by atoms with Gasteiger partial charge in [0.1, 0.15) is 17.3 Å². The average molecular weight is 793 g/mol. The van der Waals surface area contributed by atoms with Crippen LogP contribution in [0.5, 0.6) is 0 Å². The Labute approximate surface area is 356 Å². The van der Waals surface area contributed by atoms with Gasteiger partial charge in [-0.25, -0.2) is 15.0 Å². The highest BCUT2D eigenvalue weighted by molar-refractivity contribution is 6.15. The van der Waals surface area contributed by atoms with Crippen LogP contribution < -0.4 is 0 Å². The van der Waals surface area contributed by atoms with Crippen LogP contribution in [0, 0.1) is 6.92 Å². The van der Waals surface area contributed by atoms with E-state index in [9.17, 15) is 0 Å². The standard InChI is InChI=1S/C55H48N6/c1-36-27-30-44-48-45(36)42-29-28-39(55(6,38-21-13-8-14-22-38)52-57-32-34-60(52)41-25-17-10-18-26-41)35-43(42)50-58-47(49(61(48)50)54(4,5)53(44,2)3)46(37-19-11-7-12-20-37)51-56-31-33-59(51)40-23-15-9-16-24-40/h7-35,46H,1-6H3/t46-,55?/m1/s1. The van der Waals surface area contributed by atoms with Gasteiger partial charge in [0.15, 0.2) is 0 Å². The van der Waals surface area contributed by atoms with Crippen molar-refractivity contribution in [1.29, 1.82) is 0 Å². The molecule has 5 heterocycles. The van der Waals surface area contributed by atoms with Crippen molar-refractivity contribution in [3.05, 3.63) is 227 Å². The molecule has 6 aromatic carbocycles. The van der Waals surface area contributed by atoms with Gasteiger partial charge >= 0.3 is 0 Å². The van der Waals surface area contributed by atoms with Crippen LogP contribution in [0.3, 0.4) is 0 Å². The molecule has 0 spiro atoms. The largest absolute Gasteiger partial charge is 0.303 e. The number of benzene rings is 6. The third kappa shape index (κ3) is 5.24. The molecule has 0 saturated carbocycles. The van der Waals surface area contributed by atoms with E-state index in [0.29, 0.717) is 0 Å². The fraction of sp³-hybridized carbons (Fsp3) is 0.182. The number of hydrogen-bond acceptors (Lipinski definition) is 3. The van der Waals surface area contributed by atoms with Crippen molar-refractivity contribution in [1.82, 2.24) is 28.5 Å². The first kappa shape index (κ1) is 37.0. The molecule has 0 aliphatic carbocycles. The highest BCUT2D eigenvalue weighted by atomic mass is 15.1. The molecule has 1 unspecified atom stereocenters. The first-order valence-electron chi connectivity index (χ1n) is 21.3. The zero-order chi connectivity index (χ0) is 41.7. The van der Waals surface area contributed by atoms with Gasteiger partial charge in [0.25, 0.3) is 0 Å². The second-order valence-electron chi connectivity index (χ2n) is 18.0. The van der Waals surface area contributed by atoms with Crippen molar-refractivity contribution in [3.8, 4) is 11.4 Å². The minimum atomic E-state index is -0.624. The number of para-hydroxylation sites is 2. The molecule has 6 heteroatoms. The summed E-state index contributed by atoms with van der Waals surface area (Å²) in [5.74, 6) is 1.63. The van der Waals surface area contributed by atoms with Crippen LogP contribution in [0.4, 0.5) is 0 Å². The van der Waals surface area contributed by atoms with Crippen molar-refractivity contribution in [2.75, 3.05) is 0 Å². The second-order valence-corrected chi connectivity index (χ2v) is 18.0. The minimum absolute atomic E-state index is 0.235. The van der Waals surface area contributed by atoms with Crippen LogP contribution in [0.25, 0.3) is 38.7 Å². The zero-order valence-electron chi connectivity index (χ0n) is 35.5. The van der Waals surface area contributed by atoms with Crippen molar-refractivity contribution in [3.63, 3.8) is 0 Å². The first-order valence-corrected chi connectivity index (χ1v) is 21.3. The van der Waals surface area contributed by atoms with Gasteiger partial charge in [-0.3, -0.25) is 4.40 Å². The number of aromatic nitrogens is 6. The van der Waals surface area contributed by atoms with E-state index in [1.807, 2.05) is 12.4 Å². The number of imidazole rings is 3. The highest BCUT2D eigenvalue weighted by Gasteiger charge is 2.50. The Morgan fingerprint density at radius 2 is 1.20 bits per heavy atom. The molecule has 1 aliphatic heterocycles. The van der Waals surface area contributed by atoms with Gasteiger partial charge in [-0.05, 0) is 77.4 Å². The van der Waals surface area contributed by atoms with Crippen LogP contribution >= 0.6 is 0 Å². The number of pyridine rings is 1. The van der Waals surface area contributed by atoms with Crippen LogP contribution in [-0.4, -0.2) is 28.5 Å². The first-order chi connectivity index (χ1) is 29.6. The fourth-order valence-corrected chi connectivity index (χ4v) is 10.4. The summed E-state index contributed by atoms with van der Waals surface area (Å²) in [6.07, 6.45) is 8.01. The lowest BCUT2D eigenvalue weighted by Gasteiger charge is -2.47. The van der Waals surface area contributed by atoms with Crippen LogP contribution in [-0.2, 0) is 16.2 Å². The Bertz CT molecular complexity index is 3260. The Morgan fingerprint density at radius 1 is 0.590 bits per heavy atom. The Kier molecular flexibility index (Phi) is 8.18. The maximum Gasteiger partial charge on any atom is 0.145 e. The molecule has 2 atom stereocenters. The number of fused-ring (bicyclic) bond motifs is 3. The monoisotopic (exact) mass is 792 g/mol. The van der Waals surface area contributed by atoms with Crippen molar-refractivity contribution in [2.45, 2.75) is 63.7 Å². The molecular weight excluding hydrogens is 745 g/mol. The summed E-state index contributed by atoms with van der Waals surface area (Å²) < 4.78 is 7.01. The van der Waals surface area contributed by atoms with Gasteiger partial charge in [-0.2, -0.15) is 0 Å². The molecular formula is C55H48N6. The summed E-state index contributed by atoms with van der Waals surface area (Å²) in [5, 5.41) is 3.59. The highest BCUT2D eigenvalue weighted by Crippen LogP contribution is 2.55. The molecule has 1 aliphatic rings. The van der Waals surface area contributed by atoms with Crippen LogP contribution in [0.15, 0.2) is 176 Å². The molecule has 298 valence electrons. The Balaban J connectivity index is 1.27. The minimum Gasteiger partial charge on any atom is -0.303 e. The maximum atomic E-state index is 5.97. The van der Waals surface area contributed by atoms with Gasteiger partial charge in [0.05, 0.1) is 28.2 Å². The van der Waals surface area contributed by atoms with Crippen molar-refractivity contribution < 1.29 is 0 Å². The normalized spacial score (nSPS) is 15.7. The fourth-order valence-electron chi connectivity index (χ4n) is 10.4. The summed E-state index contributed by atoms with van der Waals surface area (Å²) in [7, 11) is 0. The topological polar surface area (TPSA) is 52.9 Å². The van der Waals surface area contributed by atoms with Crippen molar-refractivity contribution >= 4 is 27.3 Å². The summed E-state index contributed by atoms with van der Waals surface area (Å²) in [5.41, 5.74) is 11.5. The van der Waals surface area contributed by atoms with Crippen LogP contribution in [0.2, 0.25) is 0 Å². The number of rotatable bonds is 8. The molecule has 11 rings (SSSR count). The summed E-state index contributed by atoms with van der Waals surface area (Å²) in [6.45, 7) is 14.2. The summed E-state index contributed by atoms with van der Waals surface area (Å²) in [4.78, 5) is 16.3. The SMILES string of the molecule is Cc1ccc2c3c1c1ccc(C(C)(c4ccccc4)c4nccn4-c4ccccc4)cc1c1nc([C@@H](c4ccccc4)c4nccn4-c4ccccc4)c(n13)C(C)(C)C2(C)C. The quantitative estimate of drug-likeness (QED) is 0.144. The van der Waals surface area contributed by atoms with E-state index in [4.69, 9.17) is 15.0 Å². The molecule has 10 aromatic rings. The number of hydrogen-bond donors (Lipinski definition) is 0. The second kappa shape index (κ2) is 13.5. The van der Waals surface area contributed by atoms with Crippen LogP contribution in [0.1, 0.15) is 91.4 Å². The lowest BCUT2D eigenvalue weighted by Crippen LogP contribution is -2.45. The third-order valence-electron chi connectivity index (χ3n) is 14.3. The van der Waals surface area contributed by atoms with E-state index in [2.05, 4.69) is 219 Å². The van der Waals surface area contributed by atoms with E-state index in [0.717, 1.165) is 50.9 Å². The van der Waals surface area contributed by atoms with Gasteiger partial charge in [0, 0.05) is 57.8 Å². The summed E-state index contributed by atoms with van der Waals surface area (Å²) in [6, 6.07) is 54.5. The van der Waals surface area contributed by atoms with Gasteiger partial charge in [-0.15, -0.1) is 0 Å². The third-order valence-corrected chi connectivity index (χ3v) is 14.3. The predicted molar refractivity (Wildman–Crippen MR) is 248 cm³/mol. The Morgan fingerprint density at radius 3 is 1.89 bits per heavy atom. The average Bonchev–Trinajstić information content (AvgIpc) is 4.08. The van der Waals surface area contributed by atoms with E-state index in [1.54, 1.807) is 0 Å². The van der Waals surface area contributed by atoms with E-state index in [-0.39, 0.29) is 16.7 Å². The number of nitrogens with zero attached hydrogens (tertiary/aromatic N) is 6. The lowest BCUT2D eigenvalue weighted by molar-refractivity contribution is 0.286. The lowest BCUT2D eigenvalue weighted by atomic mass is 9.59. The predicted octanol–water partition coefficient (Wildman–Crippen LogP) is 12.4. The summed E-state index contributed by atoms with van der Waals surface area (Å²) >= 11 is 0. The van der Waals surface area contributed by atoms with E-state index in [1.165, 1.54) is 38.7 Å².